The van der Waals surface area contributed by atoms with Gasteiger partial charge in [0.2, 0.25) is 5.79 Å². The minimum Gasteiger partial charge on any atom is -0.619 e. The molecule has 1 rings (SSSR count). The second-order valence-electron chi connectivity index (χ2n) is 3.36. The molecule has 13 heavy (non-hydrogen) atoms. The van der Waals surface area contributed by atoms with Gasteiger partial charge in [-0.2, -0.15) is 0 Å². The number of hydrogen-bond acceptors (Lipinski definition) is 3. The summed E-state index contributed by atoms with van der Waals surface area (Å²) in [5.74, 6) is -0.509. The normalized spacial score (nSPS) is 19.9. The Labute approximate surface area is 91.4 Å². The number of ether oxygens (including phenoxy) is 2. The summed E-state index contributed by atoms with van der Waals surface area (Å²) in [5.41, 5.74) is 4.95. The molecular formula is C8H15LiN2O2. The Bertz CT molecular complexity index is 193. The first kappa shape index (κ1) is 12.9. The Morgan fingerprint density at radius 2 is 2.08 bits per heavy atom. The van der Waals surface area contributed by atoms with Crippen LogP contribution in [0.5, 0.6) is 0 Å². The van der Waals surface area contributed by atoms with Gasteiger partial charge in [0.25, 0.3) is 0 Å². The van der Waals surface area contributed by atoms with Gasteiger partial charge in [-0.25, -0.2) is 0 Å². The molecule has 0 atom stereocenters. The molecular weight excluding hydrogens is 163 g/mol. The van der Waals surface area contributed by atoms with Gasteiger partial charge in [0.05, 0.1) is 12.9 Å². The second kappa shape index (κ2) is 4.92. The van der Waals surface area contributed by atoms with Gasteiger partial charge in [-0.15, -0.1) is 0 Å². The smallest absolute Gasteiger partial charge is 0.619 e. The Balaban J connectivity index is 0.00000144. The Morgan fingerprint density at radius 3 is 2.46 bits per heavy atom. The first-order chi connectivity index (χ1) is 5.49. The van der Waals surface area contributed by atoms with E-state index in [2.05, 4.69) is 5.43 Å². The molecule has 5 heteroatoms. The molecule has 0 aromatic rings. The summed E-state index contributed by atoms with van der Waals surface area (Å²) >= 11 is 0. The minimum absolute atomic E-state index is 0. The Kier molecular flexibility index (Phi) is 4.86. The number of nitrogens with zero attached hydrogens (tertiary/aromatic N) is 2. The summed E-state index contributed by atoms with van der Waals surface area (Å²) in [6.07, 6.45) is 1.64. The van der Waals surface area contributed by atoms with Crippen LogP contribution in [0.1, 0.15) is 13.8 Å². The van der Waals surface area contributed by atoms with Gasteiger partial charge < -0.3 is 19.9 Å². The molecule has 0 bridgehead atoms. The zero-order valence-corrected chi connectivity index (χ0v) is 9.00. The van der Waals surface area contributed by atoms with Crippen molar-refractivity contribution in [2.45, 2.75) is 19.6 Å². The van der Waals surface area contributed by atoms with E-state index < -0.39 is 5.79 Å². The van der Waals surface area contributed by atoms with E-state index in [9.17, 15) is 0 Å². The van der Waals surface area contributed by atoms with Crippen LogP contribution >= 0.6 is 0 Å². The Hall–Kier alpha value is -0.143. The molecule has 0 aromatic carbocycles. The third-order valence-electron chi connectivity index (χ3n) is 1.37. The van der Waals surface area contributed by atoms with Crippen LogP contribution in [-0.4, -0.2) is 31.5 Å². The van der Waals surface area contributed by atoms with Crippen molar-refractivity contribution < 1.29 is 28.3 Å². The largest absolute Gasteiger partial charge is 1.00 e. The third-order valence-corrected chi connectivity index (χ3v) is 1.37. The maximum atomic E-state index is 5.37. The molecule has 0 amide bonds. The fraction of sp³-hybridized carbons (Fsp3) is 0.750. The average molecular weight is 178 g/mol. The minimum atomic E-state index is -0.509. The standard InChI is InChI=1S/C8H15N2O2.Li/c1-8(2)11-5-7(6-12-8)9-10(3)4;/h5H,6H2,1-4H3;/q-1;+1. The van der Waals surface area contributed by atoms with Crippen molar-refractivity contribution in [3.8, 4) is 0 Å². The topological polar surface area (TPSA) is 35.8 Å². The molecule has 0 spiro atoms. The first-order valence-electron chi connectivity index (χ1n) is 3.89. The van der Waals surface area contributed by atoms with E-state index in [1.54, 1.807) is 11.3 Å². The SMILES string of the molecule is CN(C)[N-]C1=COC(C)(C)OC1.[Li+]. The molecule has 0 saturated heterocycles. The maximum absolute atomic E-state index is 5.37. The van der Waals surface area contributed by atoms with Crippen LogP contribution in [0.2, 0.25) is 0 Å². The van der Waals surface area contributed by atoms with Crippen molar-refractivity contribution in [2.24, 2.45) is 0 Å². The van der Waals surface area contributed by atoms with Crippen molar-refractivity contribution >= 4 is 0 Å². The fourth-order valence-electron chi connectivity index (χ4n) is 0.835. The van der Waals surface area contributed by atoms with E-state index >= 15 is 0 Å². The molecule has 1 aliphatic rings. The van der Waals surface area contributed by atoms with E-state index in [4.69, 9.17) is 9.47 Å². The molecule has 0 fully saturated rings. The average Bonchev–Trinajstić information content (AvgIpc) is 1.93. The summed E-state index contributed by atoms with van der Waals surface area (Å²) in [4.78, 5) is 0. The van der Waals surface area contributed by atoms with E-state index in [1.165, 1.54) is 0 Å². The molecule has 4 nitrogen and oxygen atoms in total. The van der Waals surface area contributed by atoms with Crippen molar-refractivity contribution in [3.05, 3.63) is 17.4 Å². The predicted octanol–water partition coefficient (Wildman–Crippen LogP) is -1.53. The van der Waals surface area contributed by atoms with Gasteiger partial charge in [0.15, 0.2) is 0 Å². The summed E-state index contributed by atoms with van der Waals surface area (Å²) in [7, 11) is 3.72. The van der Waals surface area contributed by atoms with Crippen LogP contribution in [0.15, 0.2) is 12.0 Å². The van der Waals surface area contributed by atoms with E-state index in [-0.39, 0.29) is 18.9 Å². The fourth-order valence-corrected chi connectivity index (χ4v) is 0.835. The molecule has 0 aromatic heterocycles. The van der Waals surface area contributed by atoms with Gasteiger partial charge in [-0.05, 0) is 14.1 Å². The number of rotatable bonds is 2. The Morgan fingerprint density at radius 1 is 1.46 bits per heavy atom. The van der Waals surface area contributed by atoms with Crippen LogP contribution in [0.25, 0.3) is 5.43 Å². The zero-order chi connectivity index (χ0) is 9.19. The monoisotopic (exact) mass is 178 g/mol. The molecule has 0 saturated carbocycles. The van der Waals surface area contributed by atoms with Gasteiger partial charge >= 0.3 is 18.9 Å². The van der Waals surface area contributed by atoms with E-state index in [1.807, 2.05) is 27.9 Å². The molecule has 1 heterocycles. The molecule has 0 N–H and O–H groups in total. The summed E-state index contributed by atoms with van der Waals surface area (Å²) in [6, 6.07) is 0. The predicted molar refractivity (Wildman–Crippen MR) is 46.2 cm³/mol. The van der Waals surface area contributed by atoms with Crippen LogP contribution in [-0.2, 0) is 9.47 Å². The van der Waals surface area contributed by atoms with Crippen LogP contribution < -0.4 is 18.9 Å². The number of hydrogen-bond donors (Lipinski definition) is 0. The van der Waals surface area contributed by atoms with Gasteiger partial charge in [0.1, 0.15) is 0 Å². The molecule has 70 valence electrons. The summed E-state index contributed by atoms with van der Waals surface area (Å²) in [5, 5.41) is 1.72. The molecule has 0 aliphatic carbocycles. The van der Waals surface area contributed by atoms with Gasteiger partial charge in [-0.1, -0.05) is 5.70 Å². The quantitative estimate of drug-likeness (QED) is 0.380. The zero-order valence-electron chi connectivity index (χ0n) is 9.00. The maximum Gasteiger partial charge on any atom is 1.00 e. The summed E-state index contributed by atoms with van der Waals surface area (Å²) < 4.78 is 10.6. The molecule has 0 unspecified atom stereocenters. The van der Waals surface area contributed by atoms with Gasteiger partial charge in [0, 0.05) is 13.8 Å². The first-order valence-corrected chi connectivity index (χ1v) is 3.89. The van der Waals surface area contributed by atoms with E-state index in [0.29, 0.717) is 6.61 Å². The van der Waals surface area contributed by atoms with Crippen molar-refractivity contribution in [1.29, 1.82) is 0 Å². The van der Waals surface area contributed by atoms with Crippen molar-refractivity contribution in [1.82, 2.24) is 5.01 Å². The molecule has 1 aliphatic heterocycles. The van der Waals surface area contributed by atoms with Crippen molar-refractivity contribution in [2.75, 3.05) is 20.7 Å². The summed E-state index contributed by atoms with van der Waals surface area (Å²) in [6.45, 7) is 4.25. The van der Waals surface area contributed by atoms with Crippen LogP contribution in [0.4, 0.5) is 0 Å². The second-order valence-corrected chi connectivity index (χ2v) is 3.36. The van der Waals surface area contributed by atoms with E-state index in [0.717, 1.165) is 5.70 Å². The molecule has 0 radical (unpaired) electrons. The van der Waals surface area contributed by atoms with Gasteiger partial charge in [-0.3, -0.25) is 0 Å². The van der Waals surface area contributed by atoms with Crippen molar-refractivity contribution in [3.63, 3.8) is 0 Å². The van der Waals surface area contributed by atoms with Crippen LogP contribution in [0.3, 0.4) is 0 Å². The third kappa shape index (κ3) is 4.58. The van der Waals surface area contributed by atoms with Crippen LogP contribution in [0, 0.1) is 0 Å².